The SMILES string of the molecule is Cc1[nH]c2c(C3CCNC(c4ccccc4)C3)nc(N)nc2c1C. The zero-order chi connectivity index (χ0) is 16.7. The molecule has 4 rings (SSSR count). The number of nitrogens with zero attached hydrogens (tertiary/aromatic N) is 2. The number of hydrogen-bond donors (Lipinski definition) is 3. The van der Waals surface area contributed by atoms with E-state index in [4.69, 9.17) is 5.73 Å². The first-order chi connectivity index (χ1) is 11.6. The Kier molecular flexibility index (Phi) is 3.73. The molecule has 3 heterocycles. The summed E-state index contributed by atoms with van der Waals surface area (Å²) in [4.78, 5) is 12.5. The lowest BCUT2D eigenvalue weighted by atomic mass is 9.86. The number of nitrogens with two attached hydrogens (primary N) is 1. The Hall–Kier alpha value is -2.40. The van der Waals surface area contributed by atoms with Gasteiger partial charge in [0.15, 0.2) is 0 Å². The molecular weight excluding hydrogens is 298 g/mol. The number of aryl methyl sites for hydroxylation is 2. The van der Waals surface area contributed by atoms with Crippen molar-refractivity contribution in [3.8, 4) is 0 Å². The number of benzene rings is 1. The van der Waals surface area contributed by atoms with E-state index in [1.165, 1.54) is 5.56 Å². The minimum absolute atomic E-state index is 0.355. The highest BCUT2D eigenvalue weighted by Crippen LogP contribution is 2.36. The van der Waals surface area contributed by atoms with E-state index in [0.29, 0.717) is 17.9 Å². The highest BCUT2D eigenvalue weighted by Gasteiger charge is 2.27. The molecule has 0 aliphatic carbocycles. The Balaban J connectivity index is 1.73. The molecule has 0 spiro atoms. The van der Waals surface area contributed by atoms with Crippen molar-refractivity contribution in [2.75, 3.05) is 12.3 Å². The van der Waals surface area contributed by atoms with Gasteiger partial charge in [-0.15, -0.1) is 0 Å². The minimum Gasteiger partial charge on any atom is -0.368 e. The van der Waals surface area contributed by atoms with Crippen LogP contribution in [0.25, 0.3) is 11.0 Å². The second-order valence-electron chi connectivity index (χ2n) is 6.70. The Morgan fingerprint density at radius 1 is 1.12 bits per heavy atom. The fourth-order valence-electron chi connectivity index (χ4n) is 3.75. The summed E-state index contributed by atoms with van der Waals surface area (Å²) in [6.07, 6.45) is 2.08. The molecule has 1 fully saturated rings. The molecule has 0 amide bonds. The molecule has 1 saturated heterocycles. The second-order valence-corrected chi connectivity index (χ2v) is 6.70. The lowest BCUT2D eigenvalue weighted by Crippen LogP contribution is -2.31. The summed E-state index contributed by atoms with van der Waals surface area (Å²) >= 11 is 0. The fraction of sp³-hybridized carbons (Fsp3) is 0.368. The van der Waals surface area contributed by atoms with Gasteiger partial charge in [0.05, 0.1) is 16.7 Å². The Bertz CT molecular complexity index is 868. The van der Waals surface area contributed by atoms with Crippen molar-refractivity contribution in [1.82, 2.24) is 20.3 Å². The quantitative estimate of drug-likeness (QED) is 0.676. The maximum Gasteiger partial charge on any atom is 0.220 e. The van der Waals surface area contributed by atoms with E-state index in [9.17, 15) is 0 Å². The normalized spacial score (nSPS) is 21.2. The highest BCUT2D eigenvalue weighted by molar-refractivity contribution is 5.83. The van der Waals surface area contributed by atoms with Gasteiger partial charge >= 0.3 is 0 Å². The molecule has 1 aromatic carbocycles. The van der Waals surface area contributed by atoms with E-state index in [2.05, 4.69) is 64.4 Å². The maximum absolute atomic E-state index is 6.00. The molecule has 0 bridgehead atoms. The zero-order valence-corrected chi connectivity index (χ0v) is 14.1. The van der Waals surface area contributed by atoms with Crippen LogP contribution in [0, 0.1) is 13.8 Å². The largest absolute Gasteiger partial charge is 0.368 e. The molecule has 124 valence electrons. The smallest absolute Gasteiger partial charge is 0.220 e. The summed E-state index contributed by atoms with van der Waals surface area (Å²) in [6, 6.07) is 11.0. The van der Waals surface area contributed by atoms with Gasteiger partial charge in [-0.25, -0.2) is 9.97 Å². The molecule has 0 saturated carbocycles. The average Bonchev–Trinajstić information content (AvgIpc) is 2.90. The molecule has 2 aromatic heterocycles. The van der Waals surface area contributed by atoms with Crippen LogP contribution in [0.4, 0.5) is 5.95 Å². The zero-order valence-electron chi connectivity index (χ0n) is 14.1. The Morgan fingerprint density at radius 2 is 1.92 bits per heavy atom. The third kappa shape index (κ3) is 2.55. The molecule has 3 aromatic rings. The first-order valence-electron chi connectivity index (χ1n) is 8.54. The van der Waals surface area contributed by atoms with Crippen LogP contribution < -0.4 is 11.1 Å². The van der Waals surface area contributed by atoms with Gasteiger partial charge in [-0.2, -0.15) is 0 Å². The number of piperidine rings is 1. The van der Waals surface area contributed by atoms with E-state index in [-0.39, 0.29) is 0 Å². The molecule has 2 unspecified atom stereocenters. The van der Waals surface area contributed by atoms with Gasteiger partial charge in [0.2, 0.25) is 5.95 Å². The van der Waals surface area contributed by atoms with E-state index < -0.39 is 0 Å². The van der Waals surface area contributed by atoms with Crippen LogP contribution in [-0.2, 0) is 0 Å². The van der Waals surface area contributed by atoms with E-state index in [1.807, 2.05) is 0 Å². The maximum atomic E-state index is 6.00. The lowest BCUT2D eigenvalue weighted by molar-refractivity contribution is 0.366. The monoisotopic (exact) mass is 321 g/mol. The predicted octanol–water partition coefficient (Wildman–Crippen LogP) is 3.37. The van der Waals surface area contributed by atoms with Gasteiger partial charge in [0.1, 0.15) is 0 Å². The first-order valence-corrected chi connectivity index (χ1v) is 8.54. The summed E-state index contributed by atoms with van der Waals surface area (Å²) in [5.41, 5.74) is 12.7. The predicted molar refractivity (Wildman–Crippen MR) is 96.9 cm³/mol. The number of nitrogens with one attached hydrogen (secondary N) is 2. The molecule has 5 heteroatoms. The molecule has 24 heavy (non-hydrogen) atoms. The number of aromatic nitrogens is 3. The third-order valence-corrected chi connectivity index (χ3v) is 5.18. The molecule has 4 N–H and O–H groups in total. The van der Waals surface area contributed by atoms with Crippen LogP contribution in [0.1, 0.15) is 47.3 Å². The average molecular weight is 321 g/mol. The number of aromatic amines is 1. The van der Waals surface area contributed by atoms with Gasteiger partial charge < -0.3 is 16.0 Å². The molecule has 2 atom stereocenters. The summed E-state index contributed by atoms with van der Waals surface area (Å²) < 4.78 is 0. The standard InChI is InChI=1S/C19H23N5/c1-11-12(2)22-18-16(11)23-19(20)24-17(18)14-8-9-21-15(10-14)13-6-4-3-5-7-13/h3-7,14-15,21-22H,8-10H2,1-2H3,(H2,20,23,24). The van der Waals surface area contributed by atoms with Crippen LogP contribution in [-0.4, -0.2) is 21.5 Å². The van der Waals surface area contributed by atoms with Crippen LogP contribution in [0.5, 0.6) is 0 Å². The van der Waals surface area contributed by atoms with Gasteiger partial charge in [-0.05, 0) is 44.4 Å². The van der Waals surface area contributed by atoms with Crippen LogP contribution >= 0.6 is 0 Å². The van der Waals surface area contributed by atoms with Crippen LogP contribution in [0.15, 0.2) is 30.3 Å². The molecule has 5 nitrogen and oxygen atoms in total. The van der Waals surface area contributed by atoms with Crippen molar-refractivity contribution >= 4 is 17.0 Å². The number of anilines is 1. The minimum atomic E-state index is 0.355. The van der Waals surface area contributed by atoms with Crippen molar-refractivity contribution in [1.29, 1.82) is 0 Å². The summed E-state index contributed by atoms with van der Waals surface area (Å²) in [6.45, 7) is 5.14. The van der Waals surface area contributed by atoms with Crippen molar-refractivity contribution in [2.45, 2.75) is 38.6 Å². The third-order valence-electron chi connectivity index (χ3n) is 5.18. The number of nitrogen functional groups attached to an aromatic ring is 1. The summed E-state index contributed by atoms with van der Waals surface area (Å²) in [5.74, 6) is 0.746. The Labute approximate surface area is 141 Å². The second kappa shape index (κ2) is 5.91. The van der Waals surface area contributed by atoms with E-state index >= 15 is 0 Å². The number of H-pyrrole nitrogens is 1. The number of fused-ring (bicyclic) bond motifs is 1. The van der Waals surface area contributed by atoms with Gasteiger partial charge in [-0.3, -0.25) is 0 Å². The highest BCUT2D eigenvalue weighted by atomic mass is 15.0. The van der Waals surface area contributed by atoms with Crippen LogP contribution in [0.3, 0.4) is 0 Å². The van der Waals surface area contributed by atoms with Gasteiger partial charge in [0, 0.05) is 17.7 Å². The van der Waals surface area contributed by atoms with Crippen LogP contribution in [0.2, 0.25) is 0 Å². The lowest BCUT2D eigenvalue weighted by Gasteiger charge is -2.30. The van der Waals surface area contributed by atoms with Crippen molar-refractivity contribution in [3.63, 3.8) is 0 Å². The fourth-order valence-corrected chi connectivity index (χ4v) is 3.75. The first kappa shape index (κ1) is 15.1. The van der Waals surface area contributed by atoms with Crippen molar-refractivity contribution < 1.29 is 0 Å². The van der Waals surface area contributed by atoms with E-state index in [0.717, 1.165) is 47.4 Å². The number of rotatable bonds is 2. The van der Waals surface area contributed by atoms with Crippen molar-refractivity contribution in [2.24, 2.45) is 0 Å². The summed E-state index contributed by atoms with van der Waals surface area (Å²) in [7, 11) is 0. The number of hydrogen-bond acceptors (Lipinski definition) is 4. The van der Waals surface area contributed by atoms with E-state index in [1.54, 1.807) is 0 Å². The topological polar surface area (TPSA) is 79.6 Å². The molecule has 0 radical (unpaired) electrons. The molecular formula is C19H23N5. The Morgan fingerprint density at radius 3 is 2.71 bits per heavy atom. The van der Waals surface area contributed by atoms with Gasteiger partial charge in [0.25, 0.3) is 0 Å². The molecule has 1 aliphatic rings. The summed E-state index contributed by atoms with van der Waals surface area (Å²) in [5, 5.41) is 3.63. The van der Waals surface area contributed by atoms with Crippen molar-refractivity contribution in [3.05, 3.63) is 52.8 Å². The molecule has 1 aliphatic heterocycles. The van der Waals surface area contributed by atoms with Gasteiger partial charge in [-0.1, -0.05) is 30.3 Å².